The second kappa shape index (κ2) is 6.10. The Morgan fingerprint density at radius 2 is 2.29 bits per heavy atom. The van der Waals surface area contributed by atoms with Crippen molar-refractivity contribution in [3.05, 3.63) is 0 Å². The Hall–Kier alpha value is -0.220. The van der Waals surface area contributed by atoms with E-state index in [2.05, 4.69) is 13.2 Å². The number of thioether (sulfide) groups is 1. The molecule has 1 saturated carbocycles. The van der Waals surface area contributed by atoms with E-state index in [1.54, 1.807) is 0 Å². The van der Waals surface area contributed by atoms with Crippen LogP contribution in [-0.4, -0.2) is 41.9 Å². The fourth-order valence-corrected chi connectivity index (χ4v) is 3.12. The minimum absolute atomic E-state index is 0.0326. The molecule has 0 aromatic rings. The number of amides is 1. The monoisotopic (exact) mass is 258 g/mol. The van der Waals surface area contributed by atoms with Crippen molar-refractivity contribution in [1.82, 2.24) is 4.90 Å². The molecule has 0 bridgehead atoms. The molecule has 17 heavy (non-hydrogen) atoms. The van der Waals surface area contributed by atoms with Crippen molar-refractivity contribution in [3.63, 3.8) is 0 Å². The van der Waals surface area contributed by atoms with Gasteiger partial charge >= 0.3 is 0 Å². The zero-order valence-electron chi connectivity index (χ0n) is 11.5. The Kier molecular flexibility index (Phi) is 5.32. The summed E-state index contributed by atoms with van der Waals surface area (Å²) in [7, 11) is 1.92. The van der Waals surface area contributed by atoms with Crippen LogP contribution in [0.2, 0.25) is 0 Å². The van der Waals surface area contributed by atoms with E-state index in [-0.39, 0.29) is 17.4 Å². The standard InChI is InChI=1S/C13H26N2OS/c1-10(7-9-17-4)15(3)12(16)13(2)8-5-6-11(13)14/h10-11H,5-9,14H2,1-4H3. The highest BCUT2D eigenvalue weighted by atomic mass is 32.2. The van der Waals surface area contributed by atoms with E-state index in [0.29, 0.717) is 6.04 Å². The summed E-state index contributed by atoms with van der Waals surface area (Å²) in [5.41, 5.74) is 5.77. The van der Waals surface area contributed by atoms with Crippen molar-refractivity contribution in [2.75, 3.05) is 19.1 Å². The number of hydrogen-bond donors (Lipinski definition) is 1. The smallest absolute Gasteiger partial charge is 0.230 e. The second-order valence-electron chi connectivity index (χ2n) is 5.46. The Morgan fingerprint density at radius 3 is 2.76 bits per heavy atom. The highest BCUT2D eigenvalue weighted by molar-refractivity contribution is 7.98. The van der Waals surface area contributed by atoms with Crippen molar-refractivity contribution in [2.45, 2.75) is 51.6 Å². The van der Waals surface area contributed by atoms with Gasteiger partial charge in [-0.1, -0.05) is 6.42 Å². The zero-order valence-corrected chi connectivity index (χ0v) is 12.3. The Bertz CT molecular complexity index is 272. The summed E-state index contributed by atoms with van der Waals surface area (Å²) in [6.07, 6.45) is 6.15. The van der Waals surface area contributed by atoms with Gasteiger partial charge in [0.2, 0.25) is 5.91 Å². The topological polar surface area (TPSA) is 46.3 Å². The third-order valence-electron chi connectivity index (χ3n) is 4.24. The summed E-state index contributed by atoms with van der Waals surface area (Å²) >= 11 is 1.83. The molecule has 1 fully saturated rings. The molecule has 1 amide bonds. The lowest BCUT2D eigenvalue weighted by atomic mass is 9.83. The largest absolute Gasteiger partial charge is 0.343 e. The number of nitrogens with two attached hydrogens (primary N) is 1. The number of hydrogen-bond acceptors (Lipinski definition) is 3. The molecule has 0 aromatic heterocycles. The first-order chi connectivity index (χ1) is 7.93. The summed E-state index contributed by atoms with van der Waals surface area (Å²) < 4.78 is 0. The zero-order chi connectivity index (χ0) is 13.1. The van der Waals surface area contributed by atoms with Crippen LogP contribution in [0, 0.1) is 5.41 Å². The van der Waals surface area contributed by atoms with Crippen molar-refractivity contribution in [2.24, 2.45) is 11.1 Å². The molecule has 0 saturated heterocycles. The van der Waals surface area contributed by atoms with E-state index >= 15 is 0 Å². The molecule has 0 aromatic carbocycles. The molecule has 100 valence electrons. The van der Waals surface area contributed by atoms with Gasteiger partial charge in [0.1, 0.15) is 0 Å². The summed E-state index contributed by atoms with van der Waals surface area (Å²) in [5.74, 6) is 1.33. The molecule has 1 rings (SSSR count). The molecule has 0 aliphatic heterocycles. The lowest BCUT2D eigenvalue weighted by Gasteiger charge is -2.35. The molecule has 3 unspecified atom stereocenters. The van der Waals surface area contributed by atoms with Gasteiger partial charge in [-0.2, -0.15) is 11.8 Å². The van der Waals surface area contributed by atoms with Gasteiger partial charge in [-0.05, 0) is 45.1 Å². The Morgan fingerprint density at radius 1 is 1.65 bits per heavy atom. The average molecular weight is 258 g/mol. The average Bonchev–Trinajstić information content (AvgIpc) is 2.65. The maximum atomic E-state index is 12.5. The molecular weight excluding hydrogens is 232 g/mol. The molecule has 3 nitrogen and oxygen atoms in total. The lowest BCUT2D eigenvalue weighted by molar-refractivity contribution is -0.142. The summed E-state index contributed by atoms with van der Waals surface area (Å²) in [5, 5.41) is 0. The molecule has 1 aliphatic rings. The molecule has 3 atom stereocenters. The maximum Gasteiger partial charge on any atom is 0.230 e. The fraction of sp³-hybridized carbons (Fsp3) is 0.923. The highest BCUT2D eigenvalue weighted by Crippen LogP contribution is 2.38. The van der Waals surface area contributed by atoms with Crippen LogP contribution in [0.4, 0.5) is 0 Å². The predicted molar refractivity (Wildman–Crippen MR) is 75.2 cm³/mol. The lowest BCUT2D eigenvalue weighted by Crippen LogP contribution is -2.50. The summed E-state index contributed by atoms with van der Waals surface area (Å²) in [6, 6.07) is 0.338. The van der Waals surface area contributed by atoms with Crippen LogP contribution in [-0.2, 0) is 4.79 Å². The minimum atomic E-state index is -0.331. The van der Waals surface area contributed by atoms with Crippen LogP contribution in [0.15, 0.2) is 0 Å². The van der Waals surface area contributed by atoms with Crippen molar-refractivity contribution >= 4 is 17.7 Å². The van der Waals surface area contributed by atoms with E-state index < -0.39 is 0 Å². The van der Waals surface area contributed by atoms with Gasteiger partial charge in [0.05, 0.1) is 5.41 Å². The molecular formula is C13H26N2OS. The summed E-state index contributed by atoms with van der Waals surface area (Å²) in [6.45, 7) is 4.16. The van der Waals surface area contributed by atoms with E-state index in [0.717, 1.165) is 31.4 Å². The Labute approximate surface area is 109 Å². The number of rotatable bonds is 5. The highest BCUT2D eigenvalue weighted by Gasteiger charge is 2.44. The normalized spacial score (nSPS) is 30.3. The van der Waals surface area contributed by atoms with Crippen LogP contribution in [0.25, 0.3) is 0 Å². The van der Waals surface area contributed by atoms with E-state index in [1.165, 1.54) is 0 Å². The van der Waals surface area contributed by atoms with E-state index in [4.69, 9.17) is 5.73 Å². The first-order valence-corrected chi connectivity index (χ1v) is 7.84. The van der Waals surface area contributed by atoms with Crippen molar-refractivity contribution in [1.29, 1.82) is 0 Å². The van der Waals surface area contributed by atoms with Gasteiger partial charge in [0, 0.05) is 19.1 Å². The van der Waals surface area contributed by atoms with Gasteiger partial charge in [0.25, 0.3) is 0 Å². The van der Waals surface area contributed by atoms with Gasteiger partial charge in [-0.25, -0.2) is 0 Å². The van der Waals surface area contributed by atoms with Crippen LogP contribution in [0.3, 0.4) is 0 Å². The van der Waals surface area contributed by atoms with Gasteiger partial charge in [-0.3, -0.25) is 4.79 Å². The third kappa shape index (κ3) is 3.16. The van der Waals surface area contributed by atoms with Crippen LogP contribution < -0.4 is 5.73 Å². The quantitative estimate of drug-likeness (QED) is 0.821. The number of carbonyl (C=O) groups is 1. The van der Waals surface area contributed by atoms with Gasteiger partial charge in [0.15, 0.2) is 0 Å². The van der Waals surface area contributed by atoms with Crippen molar-refractivity contribution in [3.8, 4) is 0 Å². The second-order valence-corrected chi connectivity index (χ2v) is 6.45. The first-order valence-electron chi connectivity index (χ1n) is 6.45. The van der Waals surface area contributed by atoms with Crippen LogP contribution in [0.1, 0.15) is 39.5 Å². The van der Waals surface area contributed by atoms with Gasteiger partial charge in [-0.15, -0.1) is 0 Å². The molecule has 0 spiro atoms. The maximum absolute atomic E-state index is 12.5. The molecule has 1 aliphatic carbocycles. The number of carbonyl (C=O) groups excluding carboxylic acids is 1. The molecule has 2 N–H and O–H groups in total. The fourth-order valence-electron chi connectivity index (χ4n) is 2.54. The SMILES string of the molecule is CSCCC(C)N(C)C(=O)C1(C)CCCC1N. The van der Waals surface area contributed by atoms with Gasteiger partial charge < -0.3 is 10.6 Å². The third-order valence-corrected chi connectivity index (χ3v) is 4.88. The molecule has 0 heterocycles. The van der Waals surface area contributed by atoms with E-state index in [9.17, 15) is 4.79 Å². The van der Waals surface area contributed by atoms with Crippen molar-refractivity contribution < 1.29 is 4.79 Å². The Balaban J connectivity index is 2.62. The molecule has 0 radical (unpaired) electrons. The first kappa shape index (κ1) is 14.8. The summed E-state index contributed by atoms with van der Waals surface area (Å²) in [4.78, 5) is 14.4. The van der Waals surface area contributed by atoms with E-state index in [1.807, 2.05) is 30.6 Å². The van der Waals surface area contributed by atoms with Crippen LogP contribution >= 0.6 is 11.8 Å². The number of nitrogens with zero attached hydrogens (tertiary/aromatic N) is 1. The molecule has 4 heteroatoms. The predicted octanol–water partition coefficient (Wildman–Crippen LogP) is 2.10. The van der Waals surface area contributed by atoms with Crippen LogP contribution in [0.5, 0.6) is 0 Å². The minimum Gasteiger partial charge on any atom is -0.343 e.